The number of carbonyl (C=O) groups excluding carboxylic acids is 1. The summed E-state index contributed by atoms with van der Waals surface area (Å²) in [6.07, 6.45) is 1.42. The molecule has 1 aromatic heterocycles. The van der Waals surface area contributed by atoms with E-state index in [-0.39, 0.29) is 12.5 Å². The summed E-state index contributed by atoms with van der Waals surface area (Å²) in [6, 6.07) is 10.1. The van der Waals surface area contributed by atoms with E-state index in [1.165, 1.54) is 6.20 Å². The maximum atomic E-state index is 11.8. The van der Waals surface area contributed by atoms with Gasteiger partial charge >= 0.3 is 0 Å². The molecule has 0 aliphatic carbocycles. The number of aliphatic hydroxyl groups is 1. The third-order valence-corrected chi connectivity index (χ3v) is 2.58. The number of hydrogen-bond donors (Lipinski definition) is 2. The van der Waals surface area contributed by atoms with Crippen LogP contribution in [-0.2, 0) is 6.61 Å². The number of carbonyl (C=O) groups is 1. The van der Waals surface area contributed by atoms with E-state index >= 15 is 0 Å². The molecule has 0 fully saturated rings. The number of anilines is 1. The second-order valence-electron chi connectivity index (χ2n) is 3.67. The molecule has 0 unspecified atom stereocenters. The zero-order valence-corrected chi connectivity index (χ0v) is 10.2. The fraction of sp³-hybridized carbons (Fsp3) is 0.0769. The molecule has 1 amide bonds. The number of amides is 1. The summed E-state index contributed by atoms with van der Waals surface area (Å²) in [4.78, 5) is 15.7. The van der Waals surface area contributed by atoms with Crippen molar-refractivity contribution in [2.45, 2.75) is 6.61 Å². The zero-order valence-electron chi connectivity index (χ0n) is 9.43. The van der Waals surface area contributed by atoms with Gasteiger partial charge in [0, 0.05) is 11.9 Å². The van der Waals surface area contributed by atoms with Gasteiger partial charge in [-0.25, -0.2) is 4.98 Å². The Bertz CT molecular complexity index is 538. The number of pyridine rings is 1. The first-order valence-corrected chi connectivity index (χ1v) is 5.69. The maximum absolute atomic E-state index is 11.8. The molecule has 4 nitrogen and oxygen atoms in total. The predicted octanol–water partition coefficient (Wildman–Crippen LogP) is 2.48. The van der Waals surface area contributed by atoms with Crippen LogP contribution in [0.2, 0.25) is 5.02 Å². The van der Waals surface area contributed by atoms with Crippen molar-refractivity contribution in [1.29, 1.82) is 0 Å². The Morgan fingerprint density at radius 2 is 1.94 bits per heavy atom. The van der Waals surface area contributed by atoms with Crippen molar-refractivity contribution in [3.63, 3.8) is 0 Å². The summed E-state index contributed by atoms with van der Waals surface area (Å²) in [6.45, 7) is -0.0209. The summed E-state index contributed by atoms with van der Waals surface area (Å²) in [5.74, 6) is -0.302. The number of halogens is 1. The van der Waals surface area contributed by atoms with Gasteiger partial charge in [-0.3, -0.25) is 4.79 Å². The summed E-state index contributed by atoms with van der Waals surface area (Å²) >= 11 is 5.69. The van der Waals surface area contributed by atoms with Gasteiger partial charge in [-0.2, -0.15) is 0 Å². The number of rotatable bonds is 3. The van der Waals surface area contributed by atoms with Crippen LogP contribution in [0.3, 0.4) is 0 Å². The van der Waals surface area contributed by atoms with Crippen molar-refractivity contribution < 1.29 is 9.90 Å². The summed E-state index contributed by atoms with van der Waals surface area (Å²) in [5.41, 5.74) is 1.73. The van der Waals surface area contributed by atoms with E-state index < -0.39 is 0 Å². The van der Waals surface area contributed by atoms with Gasteiger partial charge in [0.15, 0.2) is 0 Å². The van der Waals surface area contributed by atoms with Gasteiger partial charge in [-0.05, 0) is 29.8 Å². The average Bonchev–Trinajstić information content (AvgIpc) is 2.40. The zero-order chi connectivity index (χ0) is 13.0. The first-order chi connectivity index (χ1) is 8.69. The highest BCUT2D eigenvalue weighted by Gasteiger charge is 2.07. The molecular formula is C13H11ClN2O2. The number of nitrogens with one attached hydrogen (secondary N) is 1. The molecule has 0 atom stereocenters. The van der Waals surface area contributed by atoms with Gasteiger partial charge in [0.25, 0.3) is 5.91 Å². The lowest BCUT2D eigenvalue weighted by Crippen LogP contribution is -2.13. The molecule has 0 aliphatic heterocycles. The standard InChI is InChI=1S/C13H11ClN2O2/c14-10-3-6-12(15-7-10)13(18)16-11-4-1-9(8-17)2-5-11/h1-7,17H,8H2,(H,16,18). The maximum Gasteiger partial charge on any atom is 0.274 e. The first kappa shape index (κ1) is 12.5. The van der Waals surface area contributed by atoms with Crippen molar-refractivity contribution in [3.05, 3.63) is 58.9 Å². The smallest absolute Gasteiger partial charge is 0.274 e. The topological polar surface area (TPSA) is 62.2 Å². The van der Waals surface area contributed by atoms with E-state index in [1.807, 2.05) is 0 Å². The number of aliphatic hydroxyl groups excluding tert-OH is 1. The number of nitrogens with zero attached hydrogens (tertiary/aromatic N) is 1. The van der Waals surface area contributed by atoms with Gasteiger partial charge in [-0.1, -0.05) is 23.7 Å². The van der Waals surface area contributed by atoms with E-state index in [4.69, 9.17) is 16.7 Å². The fourth-order valence-electron chi connectivity index (χ4n) is 1.40. The molecule has 0 spiro atoms. The Morgan fingerprint density at radius 3 is 2.50 bits per heavy atom. The van der Waals surface area contributed by atoms with Crippen LogP contribution in [0.15, 0.2) is 42.6 Å². The minimum Gasteiger partial charge on any atom is -0.392 e. The van der Waals surface area contributed by atoms with E-state index in [0.29, 0.717) is 16.4 Å². The van der Waals surface area contributed by atoms with Gasteiger partial charge < -0.3 is 10.4 Å². The van der Waals surface area contributed by atoms with E-state index in [0.717, 1.165) is 5.56 Å². The Kier molecular flexibility index (Phi) is 3.92. The van der Waals surface area contributed by atoms with Crippen molar-refractivity contribution in [2.24, 2.45) is 0 Å². The molecule has 2 N–H and O–H groups in total. The van der Waals surface area contributed by atoms with Gasteiger partial charge in [-0.15, -0.1) is 0 Å². The van der Waals surface area contributed by atoms with Crippen molar-refractivity contribution in [1.82, 2.24) is 4.98 Å². The second kappa shape index (κ2) is 5.62. The molecule has 1 aromatic carbocycles. The van der Waals surface area contributed by atoms with Crippen LogP contribution in [0.1, 0.15) is 16.1 Å². The summed E-state index contributed by atoms with van der Waals surface area (Å²) in [7, 11) is 0. The van der Waals surface area contributed by atoms with Gasteiger partial charge in [0.2, 0.25) is 0 Å². The van der Waals surface area contributed by atoms with Crippen molar-refractivity contribution in [2.75, 3.05) is 5.32 Å². The first-order valence-electron chi connectivity index (χ1n) is 5.32. The highest BCUT2D eigenvalue weighted by atomic mass is 35.5. The number of hydrogen-bond acceptors (Lipinski definition) is 3. The van der Waals surface area contributed by atoms with Crippen LogP contribution < -0.4 is 5.32 Å². The number of benzene rings is 1. The molecular weight excluding hydrogens is 252 g/mol. The lowest BCUT2D eigenvalue weighted by Gasteiger charge is -2.05. The molecule has 92 valence electrons. The molecule has 0 radical (unpaired) electrons. The fourth-order valence-corrected chi connectivity index (χ4v) is 1.51. The Morgan fingerprint density at radius 1 is 1.22 bits per heavy atom. The predicted molar refractivity (Wildman–Crippen MR) is 69.6 cm³/mol. The third-order valence-electron chi connectivity index (χ3n) is 2.35. The molecule has 5 heteroatoms. The van der Waals surface area contributed by atoms with E-state index in [9.17, 15) is 4.79 Å². The van der Waals surface area contributed by atoms with Crippen LogP contribution >= 0.6 is 11.6 Å². The Labute approximate surface area is 109 Å². The molecule has 2 aromatic rings. The SMILES string of the molecule is O=C(Nc1ccc(CO)cc1)c1ccc(Cl)cn1. The number of aromatic nitrogens is 1. The average molecular weight is 263 g/mol. The van der Waals surface area contributed by atoms with Crippen LogP contribution in [0.25, 0.3) is 0 Å². The Balaban J connectivity index is 2.08. The van der Waals surface area contributed by atoms with Gasteiger partial charge in [0.05, 0.1) is 11.6 Å². The molecule has 0 saturated carbocycles. The minimum absolute atomic E-state index is 0.0209. The molecule has 18 heavy (non-hydrogen) atoms. The second-order valence-corrected chi connectivity index (χ2v) is 4.11. The summed E-state index contributed by atoms with van der Waals surface area (Å²) < 4.78 is 0. The minimum atomic E-state index is -0.302. The Hall–Kier alpha value is -1.91. The van der Waals surface area contributed by atoms with E-state index in [1.54, 1.807) is 36.4 Å². The third kappa shape index (κ3) is 3.06. The molecule has 0 saturated heterocycles. The van der Waals surface area contributed by atoms with Crippen LogP contribution in [0, 0.1) is 0 Å². The van der Waals surface area contributed by atoms with Crippen LogP contribution in [0.4, 0.5) is 5.69 Å². The lowest BCUT2D eigenvalue weighted by atomic mass is 10.2. The monoisotopic (exact) mass is 262 g/mol. The molecule has 2 rings (SSSR count). The normalized spacial score (nSPS) is 10.1. The highest BCUT2D eigenvalue weighted by Crippen LogP contribution is 2.12. The largest absolute Gasteiger partial charge is 0.392 e. The lowest BCUT2D eigenvalue weighted by molar-refractivity contribution is 0.102. The van der Waals surface area contributed by atoms with Crippen molar-refractivity contribution in [3.8, 4) is 0 Å². The molecule has 1 heterocycles. The van der Waals surface area contributed by atoms with Crippen molar-refractivity contribution >= 4 is 23.2 Å². The highest BCUT2D eigenvalue weighted by molar-refractivity contribution is 6.30. The van der Waals surface area contributed by atoms with Crippen LogP contribution in [0.5, 0.6) is 0 Å². The molecule has 0 aliphatic rings. The quantitative estimate of drug-likeness (QED) is 0.893. The van der Waals surface area contributed by atoms with E-state index in [2.05, 4.69) is 10.3 Å². The molecule has 0 bridgehead atoms. The van der Waals surface area contributed by atoms with Gasteiger partial charge in [0.1, 0.15) is 5.69 Å². The van der Waals surface area contributed by atoms with Crippen LogP contribution in [-0.4, -0.2) is 16.0 Å². The summed E-state index contributed by atoms with van der Waals surface area (Å²) in [5, 5.41) is 12.1.